The van der Waals surface area contributed by atoms with Crippen LogP contribution in [0.4, 0.5) is 0 Å². The molecule has 202 valence electrons. The number of carboxylic acids is 1. The Bertz CT molecular complexity index is 1500. The molecule has 0 spiro atoms. The maximum absolute atomic E-state index is 11.4. The molecule has 1 aliphatic rings. The number of aromatic hydroxyl groups is 1. The number of nitrogens with zero attached hydrogens (tertiary/aromatic N) is 4. The molecule has 1 fully saturated rings. The average molecular weight is 549 g/mol. The molecule has 4 aromatic rings. The van der Waals surface area contributed by atoms with E-state index >= 15 is 0 Å². The van der Waals surface area contributed by atoms with Crippen molar-refractivity contribution < 1.29 is 24.5 Å². The SMILES string of the molecule is CC(C)Oc1ncc(-c2cc(COc3ccc(O)c(C(=O)O)c3)cc(-n3cc(C4CCCC4)nn3)c2)cc1Cl. The summed E-state index contributed by atoms with van der Waals surface area (Å²) in [6, 6.07) is 11.8. The number of carbonyl (C=O) groups is 1. The van der Waals surface area contributed by atoms with E-state index < -0.39 is 5.97 Å². The van der Waals surface area contributed by atoms with Gasteiger partial charge in [0.1, 0.15) is 28.7 Å². The summed E-state index contributed by atoms with van der Waals surface area (Å²) in [6.07, 6.45) is 8.28. The molecular weight excluding hydrogens is 520 g/mol. The summed E-state index contributed by atoms with van der Waals surface area (Å²) in [5.74, 6) is -0.437. The lowest BCUT2D eigenvalue weighted by atomic mass is 10.0. The Labute approximate surface area is 231 Å². The normalized spacial score (nSPS) is 13.6. The molecule has 0 atom stereocenters. The van der Waals surface area contributed by atoms with E-state index in [4.69, 9.17) is 21.1 Å². The van der Waals surface area contributed by atoms with Crippen molar-refractivity contribution in [3.8, 4) is 34.2 Å². The number of aromatic carboxylic acids is 1. The standard InChI is InChI=1S/C29H29ClN4O5/c1-17(2)39-28-25(30)12-21(14-31-28)20-9-18(16-38-23-7-8-27(35)24(13-23)29(36)37)10-22(11-20)34-15-26(32-33-34)19-5-3-4-6-19/h7-15,17,19,35H,3-6,16H2,1-2H3,(H,36,37). The first-order valence-corrected chi connectivity index (χ1v) is 13.2. The van der Waals surface area contributed by atoms with Gasteiger partial charge in [0, 0.05) is 17.7 Å². The maximum Gasteiger partial charge on any atom is 0.339 e. The van der Waals surface area contributed by atoms with E-state index in [2.05, 4.69) is 15.3 Å². The fraction of sp³-hybridized carbons (Fsp3) is 0.310. The molecule has 2 aromatic carbocycles. The molecule has 2 N–H and O–H groups in total. The van der Waals surface area contributed by atoms with Gasteiger partial charge in [-0.3, -0.25) is 0 Å². The third-order valence-corrected chi connectivity index (χ3v) is 6.89. The highest BCUT2D eigenvalue weighted by molar-refractivity contribution is 6.32. The molecule has 2 heterocycles. The Hall–Kier alpha value is -4.11. The summed E-state index contributed by atoms with van der Waals surface area (Å²) >= 11 is 6.48. The number of phenols is 1. The lowest BCUT2D eigenvalue weighted by Gasteiger charge is -2.14. The molecule has 39 heavy (non-hydrogen) atoms. The van der Waals surface area contributed by atoms with Crippen LogP contribution in [0.1, 0.15) is 67.1 Å². The molecule has 0 radical (unpaired) electrons. The molecule has 0 saturated heterocycles. The summed E-state index contributed by atoms with van der Waals surface area (Å²) in [7, 11) is 0. The molecule has 10 heteroatoms. The Balaban J connectivity index is 1.48. The van der Waals surface area contributed by atoms with E-state index in [1.54, 1.807) is 16.9 Å². The lowest BCUT2D eigenvalue weighted by molar-refractivity contribution is 0.0693. The quantitative estimate of drug-likeness (QED) is 0.246. The van der Waals surface area contributed by atoms with Gasteiger partial charge >= 0.3 is 5.97 Å². The van der Waals surface area contributed by atoms with Gasteiger partial charge < -0.3 is 19.7 Å². The molecule has 0 bridgehead atoms. The average Bonchev–Trinajstić information content (AvgIpc) is 3.61. The molecule has 0 amide bonds. The molecular formula is C29H29ClN4O5. The summed E-state index contributed by atoms with van der Waals surface area (Å²) < 4.78 is 13.4. The minimum Gasteiger partial charge on any atom is -0.507 e. The van der Waals surface area contributed by atoms with Crippen molar-refractivity contribution in [2.45, 2.75) is 58.2 Å². The van der Waals surface area contributed by atoms with Crippen molar-refractivity contribution in [3.05, 3.63) is 76.7 Å². The number of rotatable bonds is 9. The lowest BCUT2D eigenvalue weighted by Crippen LogP contribution is -2.07. The maximum atomic E-state index is 11.4. The predicted octanol–water partition coefficient (Wildman–Crippen LogP) is 6.41. The molecule has 1 saturated carbocycles. The van der Waals surface area contributed by atoms with Gasteiger partial charge in [-0.25, -0.2) is 14.5 Å². The monoisotopic (exact) mass is 548 g/mol. The van der Waals surface area contributed by atoms with E-state index in [9.17, 15) is 15.0 Å². The molecule has 2 aromatic heterocycles. The number of halogens is 1. The van der Waals surface area contributed by atoms with Crippen LogP contribution in [0.2, 0.25) is 5.02 Å². The third kappa shape index (κ3) is 6.15. The molecule has 0 aliphatic heterocycles. The summed E-state index contributed by atoms with van der Waals surface area (Å²) in [5, 5.41) is 28.4. The zero-order chi connectivity index (χ0) is 27.5. The fourth-order valence-electron chi connectivity index (χ4n) is 4.70. The van der Waals surface area contributed by atoms with Crippen LogP contribution in [0.15, 0.2) is 54.9 Å². The van der Waals surface area contributed by atoms with Gasteiger partial charge in [0.25, 0.3) is 0 Å². The zero-order valence-corrected chi connectivity index (χ0v) is 22.4. The number of pyridine rings is 1. The number of aromatic nitrogens is 4. The van der Waals surface area contributed by atoms with Crippen LogP contribution in [0.5, 0.6) is 17.4 Å². The van der Waals surface area contributed by atoms with E-state index in [0.717, 1.165) is 40.9 Å². The van der Waals surface area contributed by atoms with Gasteiger partial charge in [-0.15, -0.1) is 5.10 Å². The van der Waals surface area contributed by atoms with Crippen molar-refractivity contribution in [1.29, 1.82) is 0 Å². The third-order valence-electron chi connectivity index (χ3n) is 6.62. The van der Waals surface area contributed by atoms with Crippen LogP contribution in [0.3, 0.4) is 0 Å². The molecule has 5 rings (SSSR count). The highest BCUT2D eigenvalue weighted by Gasteiger charge is 2.21. The predicted molar refractivity (Wildman–Crippen MR) is 146 cm³/mol. The Morgan fingerprint density at radius 2 is 1.92 bits per heavy atom. The molecule has 0 unspecified atom stereocenters. The van der Waals surface area contributed by atoms with E-state index in [1.807, 2.05) is 38.2 Å². The number of carboxylic acid groups (broad SMARTS) is 1. The first kappa shape index (κ1) is 26.5. The van der Waals surface area contributed by atoms with Gasteiger partial charge in [0.2, 0.25) is 5.88 Å². The summed E-state index contributed by atoms with van der Waals surface area (Å²) in [5.41, 5.74) is 3.98. The number of benzene rings is 2. The van der Waals surface area contributed by atoms with Gasteiger partial charge in [-0.1, -0.05) is 29.7 Å². The first-order chi connectivity index (χ1) is 18.8. The van der Waals surface area contributed by atoms with Crippen LogP contribution in [0, 0.1) is 0 Å². The van der Waals surface area contributed by atoms with E-state index in [1.165, 1.54) is 31.0 Å². The first-order valence-electron chi connectivity index (χ1n) is 12.8. The van der Waals surface area contributed by atoms with Crippen molar-refractivity contribution in [2.24, 2.45) is 0 Å². The number of hydrogen-bond acceptors (Lipinski definition) is 7. The van der Waals surface area contributed by atoms with Gasteiger partial charge in [0.15, 0.2) is 0 Å². The fourth-order valence-corrected chi connectivity index (χ4v) is 4.91. The van der Waals surface area contributed by atoms with Crippen LogP contribution >= 0.6 is 11.6 Å². The van der Waals surface area contributed by atoms with Gasteiger partial charge in [-0.2, -0.15) is 0 Å². The number of ether oxygens (including phenoxy) is 2. The minimum absolute atomic E-state index is 0.0594. The van der Waals surface area contributed by atoms with Crippen LogP contribution in [0.25, 0.3) is 16.8 Å². The summed E-state index contributed by atoms with van der Waals surface area (Å²) in [6.45, 7) is 3.96. The van der Waals surface area contributed by atoms with E-state index in [-0.39, 0.29) is 24.0 Å². The highest BCUT2D eigenvalue weighted by Crippen LogP contribution is 2.34. The van der Waals surface area contributed by atoms with E-state index in [0.29, 0.717) is 22.6 Å². The second-order valence-corrected chi connectivity index (χ2v) is 10.3. The minimum atomic E-state index is -1.24. The molecule has 1 aliphatic carbocycles. The Morgan fingerprint density at radius 1 is 1.13 bits per heavy atom. The second kappa shape index (κ2) is 11.3. The van der Waals surface area contributed by atoms with Crippen molar-refractivity contribution >= 4 is 17.6 Å². The van der Waals surface area contributed by atoms with Crippen LogP contribution in [-0.2, 0) is 6.61 Å². The van der Waals surface area contributed by atoms with Crippen LogP contribution < -0.4 is 9.47 Å². The van der Waals surface area contributed by atoms with Gasteiger partial charge in [0.05, 0.1) is 23.7 Å². The van der Waals surface area contributed by atoms with Gasteiger partial charge in [-0.05, 0) is 80.3 Å². The van der Waals surface area contributed by atoms with Crippen LogP contribution in [-0.4, -0.2) is 42.3 Å². The number of hydrogen-bond donors (Lipinski definition) is 2. The van der Waals surface area contributed by atoms with Crippen molar-refractivity contribution in [1.82, 2.24) is 20.0 Å². The second-order valence-electron chi connectivity index (χ2n) is 9.91. The largest absolute Gasteiger partial charge is 0.507 e. The topological polar surface area (TPSA) is 120 Å². The smallest absolute Gasteiger partial charge is 0.339 e. The Morgan fingerprint density at radius 3 is 2.64 bits per heavy atom. The van der Waals surface area contributed by atoms with Crippen molar-refractivity contribution in [2.75, 3.05) is 0 Å². The van der Waals surface area contributed by atoms with Crippen molar-refractivity contribution in [3.63, 3.8) is 0 Å². The summed E-state index contributed by atoms with van der Waals surface area (Å²) in [4.78, 5) is 15.8. The molecule has 9 nitrogen and oxygen atoms in total. The highest BCUT2D eigenvalue weighted by atomic mass is 35.5. The zero-order valence-electron chi connectivity index (χ0n) is 21.7. The Kier molecular flexibility index (Phi) is 7.70.